The van der Waals surface area contributed by atoms with E-state index in [0.29, 0.717) is 6.42 Å². The fraction of sp³-hybridized carbons (Fsp3) is 0.800. The summed E-state index contributed by atoms with van der Waals surface area (Å²) in [6, 6.07) is 0. The Kier molecular flexibility index (Phi) is 6.92. The van der Waals surface area contributed by atoms with Crippen LogP contribution < -0.4 is 0 Å². The number of ether oxygens (including phenoxy) is 1. The second-order valence-electron chi connectivity index (χ2n) is 4.39. The SMILES string of the molecule is CCCCOC(=O)/C=N/S(=O)(=O)C(F)(F)C(F)(F)C(F)(F)C(F)(F)F. The van der Waals surface area contributed by atoms with E-state index < -0.39 is 45.5 Å². The van der Waals surface area contributed by atoms with E-state index in [1.807, 2.05) is 0 Å². The lowest BCUT2D eigenvalue weighted by atomic mass is 10.1. The van der Waals surface area contributed by atoms with Gasteiger partial charge in [-0.3, -0.25) is 0 Å². The average Bonchev–Trinajstić information content (AvgIpc) is 2.43. The normalized spacial score (nSPS) is 14.8. The van der Waals surface area contributed by atoms with Crippen molar-refractivity contribution in [2.45, 2.75) is 43.0 Å². The molecule has 0 bridgehead atoms. The van der Waals surface area contributed by atoms with Crippen molar-refractivity contribution in [3.63, 3.8) is 0 Å². The predicted molar refractivity (Wildman–Crippen MR) is 64.2 cm³/mol. The summed E-state index contributed by atoms with van der Waals surface area (Å²) in [5, 5.41) is -6.97. The molecule has 0 atom stereocenters. The van der Waals surface area contributed by atoms with Gasteiger partial charge in [-0.2, -0.15) is 52.3 Å². The third-order valence-electron chi connectivity index (χ3n) is 2.48. The zero-order chi connectivity index (χ0) is 20.3. The summed E-state index contributed by atoms with van der Waals surface area (Å²) in [7, 11) is -6.98. The maximum absolute atomic E-state index is 13.2. The van der Waals surface area contributed by atoms with Crippen molar-refractivity contribution in [3.05, 3.63) is 0 Å². The highest BCUT2D eigenvalue weighted by atomic mass is 32.2. The van der Waals surface area contributed by atoms with E-state index >= 15 is 0 Å². The molecule has 0 unspecified atom stereocenters. The second kappa shape index (κ2) is 7.37. The minimum Gasteiger partial charge on any atom is -0.461 e. The van der Waals surface area contributed by atoms with Crippen LogP contribution in [-0.2, 0) is 19.6 Å². The van der Waals surface area contributed by atoms with Crippen LogP contribution >= 0.6 is 0 Å². The lowest BCUT2D eigenvalue weighted by molar-refractivity contribution is -0.382. The van der Waals surface area contributed by atoms with Crippen LogP contribution in [0.2, 0.25) is 0 Å². The first-order valence-electron chi connectivity index (χ1n) is 6.12. The third-order valence-corrected chi connectivity index (χ3v) is 3.77. The Morgan fingerprint density at radius 3 is 1.88 bits per heavy atom. The highest BCUT2D eigenvalue weighted by molar-refractivity contribution is 7.91. The van der Waals surface area contributed by atoms with Crippen LogP contribution in [0.5, 0.6) is 0 Å². The minimum absolute atomic E-state index is 0.248. The van der Waals surface area contributed by atoms with Crippen LogP contribution in [-0.4, -0.2) is 50.5 Å². The first-order chi connectivity index (χ1) is 11.0. The van der Waals surface area contributed by atoms with Crippen LogP contribution in [0.15, 0.2) is 4.40 Å². The molecule has 0 fully saturated rings. The van der Waals surface area contributed by atoms with Crippen molar-refractivity contribution in [2.75, 3.05) is 6.61 Å². The van der Waals surface area contributed by atoms with Gasteiger partial charge in [0.05, 0.1) is 6.61 Å². The number of sulfonamides is 1. The van der Waals surface area contributed by atoms with Gasteiger partial charge in [0.15, 0.2) is 0 Å². The number of unbranched alkanes of at least 4 members (excludes halogenated alkanes) is 1. The van der Waals surface area contributed by atoms with E-state index in [9.17, 15) is 52.7 Å². The molecule has 0 aromatic rings. The Balaban J connectivity index is 5.65. The molecule has 0 saturated carbocycles. The number of alkyl halides is 9. The van der Waals surface area contributed by atoms with Gasteiger partial charge in [0, 0.05) is 0 Å². The molecule has 0 radical (unpaired) electrons. The largest absolute Gasteiger partial charge is 0.461 e. The number of esters is 1. The van der Waals surface area contributed by atoms with E-state index in [1.54, 1.807) is 11.3 Å². The van der Waals surface area contributed by atoms with Crippen molar-refractivity contribution in [1.29, 1.82) is 0 Å². The smallest absolute Gasteiger partial charge is 0.460 e. The molecular weight excluding hydrogens is 401 g/mol. The van der Waals surface area contributed by atoms with E-state index in [0.717, 1.165) is 0 Å². The van der Waals surface area contributed by atoms with Crippen LogP contribution in [0.4, 0.5) is 39.5 Å². The Morgan fingerprint density at radius 1 is 1.00 bits per heavy atom. The van der Waals surface area contributed by atoms with Crippen LogP contribution in [0.1, 0.15) is 19.8 Å². The van der Waals surface area contributed by atoms with Gasteiger partial charge in [-0.15, -0.1) is 0 Å². The summed E-state index contributed by atoms with van der Waals surface area (Å²) in [5.74, 6) is -16.5. The zero-order valence-corrected chi connectivity index (χ0v) is 12.9. The molecule has 5 nitrogen and oxygen atoms in total. The first-order valence-corrected chi connectivity index (χ1v) is 7.56. The molecule has 148 valence electrons. The number of rotatable bonds is 8. The molecule has 0 aliphatic rings. The second-order valence-corrected chi connectivity index (χ2v) is 6.07. The lowest BCUT2D eigenvalue weighted by Gasteiger charge is -2.31. The molecule has 0 N–H and O–H groups in total. The summed E-state index contributed by atoms with van der Waals surface area (Å²) >= 11 is 0. The molecule has 0 rings (SSSR count). The third kappa shape index (κ3) is 4.55. The fourth-order valence-corrected chi connectivity index (χ4v) is 1.87. The number of halogens is 9. The van der Waals surface area contributed by atoms with Crippen molar-refractivity contribution in [2.24, 2.45) is 4.40 Å². The topological polar surface area (TPSA) is 72.8 Å². The number of hydrogen-bond acceptors (Lipinski definition) is 4. The van der Waals surface area contributed by atoms with Crippen molar-refractivity contribution in [1.82, 2.24) is 0 Å². The molecule has 0 saturated heterocycles. The maximum atomic E-state index is 13.2. The quantitative estimate of drug-likeness (QED) is 0.266. The monoisotopic (exact) mass is 411 g/mol. The number of nitrogens with zero attached hydrogens (tertiary/aromatic N) is 1. The molecule has 15 heteroatoms. The van der Waals surface area contributed by atoms with Crippen LogP contribution in [0.3, 0.4) is 0 Å². The van der Waals surface area contributed by atoms with Gasteiger partial charge < -0.3 is 4.74 Å². The highest BCUT2D eigenvalue weighted by Gasteiger charge is 2.85. The van der Waals surface area contributed by atoms with Gasteiger partial charge in [-0.25, -0.2) is 4.79 Å². The van der Waals surface area contributed by atoms with Gasteiger partial charge in [0.25, 0.3) is 0 Å². The van der Waals surface area contributed by atoms with Crippen molar-refractivity contribution in [3.8, 4) is 0 Å². The molecule has 0 heterocycles. The molecule has 0 aromatic heterocycles. The summed E-state index contributed by atoms with van der Waals surface area (Å²) in [6.07, 6.45) is -7.00. The van der Waals surface area contributed by atoms with Crippen molar-refractivity contribution < 1.29 is 57.5 Å². The summed E-state index contributed by atoms with van der Waals surface area (Å²) in [6.45, 7) is 1.30. The molecule has 0 aliphatic heterocycles. The van der Waals surface area contributed by atoms with Crippen LogP contribution in [0.25, 0.3) is 0 Å². The number of carbonyl (C=O) groups excluding carboxylic acids is 1. The van der Waals surface area contributed by atoms with E-state index in [2.05, 4.69) is 4.74 Å². The Morgan fingerprint density at radius 2 is 1.48 bits per heavy atom. The molecule has 0 aromatic carbocycles. The number of carbonyl (C=O) groups is 1. The molecule has 0 amide bonds. The fourth-order valence-electron chi connectivity index (χ4n) is 1.06. The zero-order valence-electron chi connectivity index (χ0n) is 12.1. The van der Waals surface area contributed by atoms with Gasteiger partial charge in [0.2, 0.25) is 0 Å². The lowest BCUT2D eigenvalue weighted by Crippen LogP contribution is -2.62. The Bertz CT molecular complexity index is 612. The van der Waals surface area contributed by atoms with Gasteiger partial charge >= 0.3 is 39.3 Å². The first kappa shape index (κ1) is 23.5. The molecular formula is C10H10F9NO4S. The van der Waals surface area contributed by atoms with Crippen LogP contribution in [0, 0.1) is 0 Å². The van der Waals surface area contributed by atoms with E-state index in [1.165, 1.54) is 0 Å². The Hall–Kier alpha value is -1.54. The minimum atomic E-state index is -7.40. The number of hydrogen-bond donors (Lipinski definition) is 0. The predicted octanol–water partition coefficient (Wildman–Crippen LogP) is 3.16. The van der Waals surface area contributed by atoms with Gasteiger partial charge in [-0.05, 0) is 6.42 Å². The van der Waals surface area contributed by atoms with Crippen molar-refractivity contribution >= 4 is 22.2 Å². The summed E-state index contributed by atoms with van der Waals surface area (Å²) in [4.78, 5) is 10.9. The maximum Gasteiger partial charge on any atom is 0.460 e. The molecule has 0 spiro atoms. The average molecular weight is 411 g/mol. The van der Waals surface area contributed by atoms with E-state index in [4.69, 9.17) is 0 Å². The Labute approximate surface area is 134 Å². The van der Waals surface area contributed by atoms with E-state index in [-0.39, 0.29) is 13.0 Å². The summed E-state index contributed by atoms with van der Waals surface area (Å²) in [5.41, 5.74) is 0. The van der Waals surface area contributed by atoms with Gasteiger partial charge in [-0.1, -0.05) is 13.3 Å². The molecule has 25 heavy (non-hydrogen) atoms. The summed E-state index contributed by atoms with van der Waals surface area (Å²) < 4.78 is 141. The van der Waals surface area contributed by atoms with Gasteiger partial charge in [0.1, 0.15) is 6.21 Å². The molecule has 0 aliphatic carbocycles. The standard InChI is InChI=1S/C10H10F9NO4S/c1-2-3-4-24-6(21)5-20-25(22,23)10(18,19)8(13,14)7(11,12)9(15,16)17/h5H,2-4H2,1H3/b20-5+. The highest BCUT2D eigenvalue weighted by Crippen LogP contribution is 2.54.